The van der Waals surface area contributed by atoms with Gasteiger partial charge in [-0.2, -0.15) is 0 Å². The van der Waals surface area contributed by atoms with E-state index in [0.29, 0.717) is 0 Å². The fourth-order valence-electron chi connectivity index (χ4n) is 0.854. The van der Waals surface area contributed by atoms with Crippen LogP contribution < -0.4 is 16.2 Å². The maximum absolute atomic E-state index is 11.3. The van der Waals surface area contributed by atoms with E-state index in [9.17, 15) is 9.59 Å². The molecule has 0 saturated carbocycles. The number of rotatable bonds is 0. The number of carbonyl (C=O) groups is 2. The van der Waals surface area contributed by atoms with E-state index in [0.717, 1.165) is 0 Å². The molecule has 0 heterocycles. The molecule has 110 valence electrons. The molecular weight excluding hydrogens is 252 g/mol. The summed E-state index contributed by atoms with van der Waals surface area (Å²) in [5.41, 5.74) is 2.96. The molecule has 0 radical (unpaired) electrons. The maximum atomic E-state index is 11.3. The van der Waals surface area contributed by atoms with Gasteiger partial charge in [0.25, 0.3) is 0 Å². The van der Waals surface area contributed by atoms with Crippen LogP contribution in [0.3, 0.4) is 0 Å². The quantitative estimate of drug-likeness (QED) is 0.303. The molecule has 0 spiro atoms. The minimum absolute atomic E-state index is 0.430. The third-order valence-electron chi connectivity index (χ3n) is 1.31. The topological polar surface area (TPSA) is 113 Å². The van der Waals surface area contributed by atoms with Crippen LogP contribution in [0.15, 0.2) is 0 Å². The second kappa shape index (κ2) is 6.26. The highest BCUT2D eigenvalue weighted by Crippen LogP contribution is 2.06. The minimum Gasteiger partial charge on any atom is -0.444 e. The molecule has 0 bridgehead atoms. The standard InChI is InChI=1S/C11H22N4O4/c1-10(2,3)18-8(16)13-7(12)14-15-9(17)19-11(4,5)6/h1-6H3,(H,15,17)(H3,12,13,14,16). The predicted octanol–water partition coefficient (Wildman–Crippen LogP) is 1.48. The van der Waals surface area contributed by atoms with Crippen LogP contribution in [0, 0.1) is 5.41 Å². The van der Waals surface area contributed by atoms with Crippen molar-refractivity contribution >= 4 is 18.1 Å². The zero-order chi connectivity index (χ0) is 15.3. The van der Waals surface area contributed by atoms with E-state index in [1.807, 2.05) is 0 Å². The highest BCUT2D eigenvalue weighted by molar-refractivity contribution is 5.92. The molecule has 0 aromatic heterocycles. The van der Waals surface area contributed by atoms with Gasteiger partial charge in [0.2, 0.25) is 5.96 Å². The third-order valence-corrected chi connectivity index (χ3v) is 1.31. The second-order valence-electron chi connectivity index (χ2n) is 5.75. The Morgan fingerprint density at radius 2 is 1.26 bits per heavy atom. The monoisotopic (exact) mass is 274 g/mol. The summed E-state index contributed by atoms with van der Waals surface area (Å²) in [6, 6.07) is 0. The first-order valence-electron chi connectivity index (χ1n) is 5.72. The Balaban J connectivity index is 4.00. The third kappa shape index (κ3) is 10.9. The van der Waals surface area contributed by atoms with Crippen LogP contribution in [0.4, 0.5) is 9.59 Å². The van der Waals surface area contributed by atoms with Gasteiger partial charge in [0.1, 0.15) is 11.2 Å². The Hall–Kier alpha value is -1.99. The Bertz CT molecular complexity index is 355. The zero-order valence-corrected chi connectivity index (χ0v) is 12.1. The Kier molecular flexibility index (Phi) is 5.60. The van der Waals surface area contributed by atoms with Crippen molar-refractivity contribution < 1.29 is 19.1 Å². The van der Waals surface area contributed by atoms with Crippen molar-refractivity contribution in [3.63, 3.8) is 0 Å². The lowest BCUT2D eigenvalue weighted by Gasteiger charge is -2.21. The zero-order valence-electron chi connectivity index (χ0n) is 12.1. The van der Waals surface area contributed by atoms with E-state index >= 15 is 0 Å². The number of amides is 2. The number of ether oxygens (including phenoxy) is 2. The summed E-state index contributed by atoms with van der Waals surface area (Å²) in [7, 11) is 0. The molecule has 0 aliphatic carbocycles. The van der Waals surface area contributed by atoms with Gasteiger partial charge in [-0.25, -0.2) is 15.0 Å². The highest BCUT2D eigenvalue weighted by atomic mass is 16.6. The van der Waals surface area contributed by atoms with Crippen LogP contribution in [0.2, 0.25) is 0 Å². The summed E-state index contributed by atoms with van der Waals surface area (Å²) in [6.45, 7) is 10.2. The number of hydrogen-bond acceptors (Lipinski definition) is 5. The lowest BCUT2D eigenvalue weighted by molar-refractivity contribution is 0.0498. The van der Waals surface area contributed by atoms with Gasteiger partial charge in [0.05, 0.1) is 0 Å². The van der Waals surface area contributed by atoms with E-state index in [-0.39, 0.29) is 0 Å². The van der Waals surface area contributed by atoms with Crippen LogP contribution >= 0.6 is 0 Å². The molecular formula is C11H22N4O4. The fraction of sp³-hybridized carbons (Fsp3) is 0.727. The van der Waals surface area contributed by atoms with E-state index in [1.54, 1.807) is 41.5 Å². The molecule has 0 aliphatic heterocycles. The van der Waals surface area contributed by atoms with Crippen molar-refractivity contribution in [2.24, 2.45) is 0 Å². The van der Waals surface area contributed by atoms with Gasteiger partial charge in [-0.05, 0) is 41.5 Å². The molecule has 2 amide bonds. The van der Waals surface area contributed by atoms with E-state index in [4.69, 9.17) is 14.9 Å². The van der Waals surface area contributed by atoms with Gasteiger partial charge in [-0.15, -0.1) is 0 Å². The Morgan fingerprint density at radius 3 is 1.68 bits per heavy atom. The highest BCUT2D eigenvalue weighted by Gasteiger charge is 2.18. The molecule has 19 heavy (non-hydrogen) atoms. The molecule has 4 N–H and O–H groups in total. The molecule has 0 aliphatic rings. The summed E-state index contributed by atoms with van der Waals surface area (Å²) in [4.78, 5) is 22.5. The molecule has 0 saturated heterocycles. The molecule has 0 rings (SSSR count). The van der Waals surface area contributed by atoms with Crippen molar-refractivity contribution in [3.8, 4) is 0 Å². The van der Waals surface area contributed by atoms with Crippen LogP contribution in [-0.4, -0.2) is 29.3 Å². The van der Waals surface area contributed by atoms with Crippen molar-refractivity contribution in [2.45, 2.75) is 52.7 Å². The Morgan fingerprint density at radius 1 is 0.842 bits per heavy atom. The summed E-state index contributed by atoms with van der Waals surface area (Å²) in [5.74, 6) is -0.430. The van der Waals surface area contributed by atoms with Crippen LogP contribution in [0.5, 0.6) is 0 Å². The van der Waals surface area contributed by atoms with Gasteiger partial charge in [-0.1, -0.05) is 0 Å². The van der Waals surface area contributed by atoms with Crippen molar-refractivity contribution in [1.29, 1.82) is 5.41 Å². The van der Waals surface area contributed by atoms with Crippen LogP contribution in [0.1, 0.15) is 41.5 Å². The van der Waals surface area contributed by atoms with Crippen molar-refractivity contribution in [3.05, 3.63) is 0 Å². The molecule has 8 nitrogen and oxygen atoms in total. The SMILES string of the molecule is CC(C)(C)OC(=O)NNC(=N)NC(=O)OC(C)(C)C. The van der Waals surface area contributed by atoms with E-state index in [2.05, 4.69) is 16.2 Å². The van der Waals surface area contributed by atoms with Gasteiger partial charge < -0.3 is 9.47 Å². The summed E-state index contributed by atoms with van der Waals surface area (Å²) in [5, 5.41) is 9.45. The normalized spacial score (nSPS) is 11.3. The van der Waals surface area contributed by atoms with Gasteiger partial charge in [0.15, 0.2) is 0 Å². The van der Waals surface area contributed by atoms with E-state index in [1.165, 1.54) is 0 Å². The average molecular weight is 274 g/mol. The fourth-order valence-corrected chi connectivity index (χ4v) is 0.854. The average Bonchev–Trinajstić information content (AvgIpc) is 2.08. The molecule has 0 atom stereocenters. The van der Waals surface area contributed by atoms with Gasteiger partial charge in [0, 0.05) is 0 Å². The second-order valence-corrected chi connectivity index (χ2v) is 5.75. The molecule has 0 aromatic carbocycles. The van der Waals surface area contributed by atoms with Crippen LogP contribution in [0.25, 0.3) is 0 Å². The maximum Gasteiger partial charge on any atom is 0.426 e. The molecule has 0 aromatic rings. The summed E-state index contributed by atoms with van der Waals surface area (Å²) in [6.07, 6.45) is -1.56. The van der Waals surface area contributed by atoms with Crippen molar-refractivity contribution in [2.75, 3.05) is 0 Å². The number of hydrazine groups is 1. The number of hydrogen-bond donors (Lipinski definition) is 4. The van der Waals surface area contributed by atoms with Gasteiger partial charge in [-0.3, -0.25) is 16.2 Å². The van der Waals surface area contributed by atoms with Crippen molar-refractivity contribution in [1.82, 2.24) is 16.2 Å². The molecule has 8 heteroatoms. The summed E-state index contributed by atoms with van der Waals surface area (Å²) >= 11 is 0. The van der Waals surface area contributed by atoms with Gasteiger partial charge >= 0.3 is 12.2 Å². The summed E-state index contributed by atoms with van der Waals surface area (Å²) < 4.78 is 9.84. The lowest BCUT2D eigenvalue weighted by atomic mass is 10.2. The minimum atomic E-state index is -0.795. The predicted molar refractivity (Wildman–Crippen MR) is 69.6 cm³/mol. The smallest absolute Gasteiger partial charge is 0.426 e. The van der Waals surface area contributed by atoms with Crippen LogP contribution in [-0.2, 0) is 9.47 Å². The first kappa shape index (κ1) is 17.0. The van der Waals surface area contributed by atoms with E-state index < -0.39 is 29.3 Å². The molecule has 0 unspecified atom stereocenters. The number of carbonyl (C=O) groups excluding carboxylic acids is 2. The first-order valence-corrected chi connectivity index (χ1v) is 5.72. The number of alkyl carbamates (subject to hydrolysis) is 1. The largest absolute Gasteiger partial charge is 0.444 e. The number of guanidine groups is 1. The Labute approximate surface area is 112 Å². The number of nitrogens with one attached hydrogen (secondary N) is 4. The first-order chi connectivity index (χ1) is 8.39. The lowest BCUT2D eigenvalue weighted by Crippen LogP contribution is -2.51. The molecule has 0 fully saturated rings.